The van der Waals surface area contributed by atoms with Crippen molar-refractivity contribution >= 4 is 11.6 Å². The van der Waals surface area contributed by atoms with Crippen molar-refractivity contribution in [3.05, 3.63) is 77.0 Å². The highest BCUT2D eigenvalue weighted by atomic mass is 35.5. The fourth-order valence-electron chi connectivity index (χ4n) is 2.20. The van der Waals surface area contributed by atoms with Gasteiger partial charge in [0, 0.05) is 22.9 Å². The number of hydrogen-bond acceptors (Lipinski definition) is 1. The van der Waals surface area contributed by atoms with E-state index in [1.165, 1.54) is 36.5 Å². The van der Waals surface area contributed by atoms with Gasteiger partial charge in [0.1, 0.15) is 0 Å². The molecular weight excluding hydrogens is 330 g/mol. The van der Waals surface area contributed by atoms with Crippen molar-refractivity contribution in [3.63, 3.8) is 0 Å². The molecule has 1 aromatic heterocycles. The van der Waals surface area contributed by atoms with E-state index in [0.29, 0.717) is 0 Å². The molecule has 0 atom stereocenters. The Hall–Kier alpha value is -2.40. The van der Waals surface area contributed by atoms with E-state index in [2.05, 4.69) is 4.98 Å². The highest BCUT2D eigenvalue weighted by Gasteiger charge is 2.16. The number of nitrogens with zero attached hydrogens (tertiary/aromatic N) is 1. The van der Waals surface area contributed by atoms with Crippen molar-refractivity contribution in [2.75, 3.05) is 0 Å². The fourth-order valence-corrected chi connectivity index (χ4v) is 2.46. The second kappa shape index (κ2) is 6.01. The molecule has 0 amide bonds. The van der Waals surface area contributed by atoms with Crippen LogP contribution in [0.3, 0.4) is 0 Å². The van der Waals surface area contributed by atoms with Crippen LogP contribution >= 0.6 is 11.6 Å². The summed E-state index contributed by atoms with van der Waals surface area (Å²) in [5, 5.41) is -0.00402. The molecule has 0 unspecified atom stereocenters. The van der Waals surface area contributed by atoms with Crippen LogP contribution in [0.5, 0.6) is 0 Å². The molecule has 2 aromatic carbocycles. The Morgan fingerprint density at radius 1 is 0.783 bits per heavy atom. The highest BCUT2D eigenvalue weighted by molar-refractivity contribution is 6.33. The molecular formula is C17H8ClF4N. The Bertz CT molecular complexity index is 896. The van der Waals surface area contributed by atoms with E-state index in [9.17, 15) is 17.6 Å². The zero-order valence-electron chi connectivity index (χ0n) is 11.5. The molecule has 0 fully saturated rings. The minimum absolute atomic E-state index is 0.00402. The lowest BCUT2D eigenvalue weighted by Crippen LogP contribution is -1.95. The maximum absolute atomic E-state index is 13.8. The Labute approximate surface area is 134 Å². The molecule has 0 aliphatic carbocycles. The maximum Gasteiger partial charge on any atom is 0.168 e. The van der Waals surface area contributed by atoms with Crippen LogP contribution < -0.4 is 0 Å². The summed E-state index contributed by atoms with van der Waals surface area (Å²) in [4.78, 5) is 3.97. The van der Waals surface area contributed by atoms with Gasteiger partial charge in [0.2, 0.25) is 0 Å². The lowest BCUT2D eigenvalue weighted by atomic mass is 10.0. The van der Waals surface area contributed by atoms with Crippen LogP contribution in [-0.4, -0.2) is 4.98 Å². The first-order valence-electron chi connectivity index (χ1n) is 6.53. The summed E-state index contributed by atoms with van der Waals surface area (Å²) in [6, 6.07) is 8.66. The zero-order chi connectivity index (χ0) is 16.6. The van der Waals surface area contributed by atoms with Gasteiger partial charge >= 0.3 is 0 Å². The van der Waals surface area contributed by atoms with Gasteiger partial charge in [-0.15, -0.1) is 0 Å². The van der Waals surface area contributed by atoms with Crippen LogP contribution in [0, 0.1) is 23.3 Å². The highest BCUT2D eigenvalue weighted by Crippen LogP contribution is 2.33. The molecule has 0 bridgehead atoms. The lowest BCUT2D eigenvalue weighted by Gasteiger charge is -2.09. The third-order valence-corrected chi connectivity index (χ3v) is 3.60. The second-order valence-corrected chi connectivity index (χ2v) is 5.16. The molecule has 116 valence electrons. The first-order chi connectivity index (χ1) is 11.0. The number of aromatic nitrogens is 1. The number of rotatable bonds is 2. The van der Waals surface area contributed by atoms with Crippen LogP contribution in [0.2, 0.25) is 5.02 Å². The summed E-state index contributed by atoms with van der Waals surface area (Å²) >= 11 is 6.06. The summed E-state index contributed by atoms with van der Waals surface area (Å²) in [5.41, 5.74) is 0.115. The second-order valence-electron chi connectivity index (χ2n) is 4.76. The van der Waals surface area contributed by atoms with Crippen LogP contribution in [0.1, 0.15) is 0 Å². The molecule has 6 heteroatoms. The van der Waals surface area contributed by atoms with Crippen LogP contribution in [0.15, 0.2) is 48.7 Å². The van der Waals surface area contributed by atoms with Gasteiger partial charge in [-0.3, -0.25) is 4.98 Å². The van der Waals surface area contributed by atoms with E-state index in [0.717, 1.165) is 12.1 Å². The maximum atomic E-state index is 13.8. The predicted octanol–water partition coefficient (Wildman–Crippen LogP) is 5.63. The van der Waals surface area contributed by atoms with Gasteiger partial charge in [0.25, 0.3) is 0 Å². The Morgan fingerprint density at radius 3 is 1.96 bits per heavy atom. The largest absolute Gasteiger partial charge is 0.254 e. The molecule has 3 aromatic rings. The van der Waals surface area contributed by atoms with Crippen molar-refractivity contribution in [2.45, 2.75) is 0 Å². The molecule has 23 heavy (non-hydrogen) atoms. The monoisotopic (exact) mass is 337 g/mol. The van der Waals surface area contributed by atoms with Gasteiger partial charge in [-0.05, 0) is 24.3 Å². The topological polar surface area (TPSA) is 12.9 Å². The quantitative estimate of drug-likeness (QED) is 0.553. The summed E-state index contributed by atoms with van der Waals surface area (Å²) in [6.07, 6.45) is 1.23. The normalized spacial score (nSPS) is 10.8. The van der Waals surface area contributed by atoms with E-state index in [1.807, 2.05) is 0 Å². The standard InChI is InChI=1S/C17H8ClF4N/c18-12-7-9(10-3-1-5-13(19)15(10)21)8-23-17(12)11-4-2-6-14(20)16(11)22/h1-8H. The zero-order valence-corrected chi connectivity index (χ0v) is 12.2. The van der Waals surface area contributed by atoms with Gasteiger partial charge in [0.15, 0.2) is 23.3 Å². The lowest BCUT2D eigenvalue weighted by molar-refractivity contribution is 0.510. The Morgan fingerprint density at radius 2 is 1.35 bits per heavy atom. The minimum atomic E-state index is -1.08. The molecule has 3 rings (SSSR count). The summed E-state index contributed by atoms with van der Waals surface area (Å²) in [7, 11) is 0. The smallest absolute Gasteiger partial charge is 0.168 e. The average Bonchev–Trinajstić information content (AvgIpc) is 2.53. The van der Waals surface area contributed by atoms with Crippen LogP contribution in [0.25, 0.3) is 22.4 Å². The summed E-state index contributed by atoms with van der Waals surface area (Å²) in [5.74, 6) is -4.14. The number of hydrogen-bond donors (Lipinski definition) is 0. The molecule has 0 aliphatic rings. The van der Waals surface area contributed by atoms with Crippen molar-refractivity contribution in [2.24, 2.45) is 0 Å². The van der Waals surface area contributed by atoms with E-state index in [1.54, 1.807) is 0 Å². The molecule has 0 radical (unpaired) electrons. The van der Waals surface area contributed by atoms with Gasteiger partial charge in [-0.2, -0.15) is 0 Å². The summed E-state index contributed by atoms with van der Waals surface area (Å²) in [6.45, 7) is 0. The van der Waals surface area contributed by atoms with E-state index >= 15 is 0 Å². The fraction of sp³-hybridized carbons (Fsp3) is 0. The van der Waals surface area contributed by atoms with Crippen molar-refractivity contribution in [3.8, 4) is 22.4 Å². The molecule has 0 spiro atoms. The third-order valence-electron chi connectivity index (χ3n) is 3.31. The average molecular weight is 338 g/mol. The Balaban J connectivity index is 2.12. The molecule has 1 nitrogen and oxygen atoms in total. The minimum Gasteiger partial charge on any atom is -0.254 e. The van der Waals surface area contributed by atoms with Crippen LogP contribution in [0.4, 0.5) is 17.6 Å². The predicted molar refractivity (Wildman–Crippen MR) is 80.0 cm³/mol. The Kier molecular flexibility index (Phi) is 4.05. The molecule has 1 heterocycles. The van der Waals surface area contributed by atoms with Gasteiger partial charge in [-0.1, -0.05) is 29.8 Å². The van der Waals surface area contributed by atoms with Crippen molar-refractivity contribution in [1.82, 2.24) is 4.98 Å². The summed E-state index contributed by atoms with van der Waals surface area (Å²) < 4.78 is 54.2. The van der Waals surface area contributed by atoms with Gasteiger partial charge < -0.3 is 0 Å². The molecule has 0 N–H and O–H groups in total. The van der Waals surface area contributed by atoms with Crippen molar-refractivity contribution < 1.29 is 17.6 Å². The number of halogens is 5. The third kappa shape index (κ3) is 2.80. The first kappa shape index (κ1) is 15.5. The van der Waals surface area contributed by atoms with Crippen molar-refractivity contribution in [1.29, 1.82) is 0 Å². The van der Waals surface area contributed by atoms with Gasteiger partial charge in [-0.25, -0.2) is 17.6 Å². The number of benzene rings is 2. The first-order valence-corrected chi connectivity index (χ1v) is 6.91. The van der Waals surface area contributed by atoms with E-state index in [4.69, 9.17) is 11.6 Å². The van der Waals surface area contributed by atoms with E-state index < -0.39 is 23.3 Å². The SMILES string of the molecule is Fc1cccc(-c2cnc(-c3cccc(F)c3F)c(Cl)c2)c1F. The molecule has 0 aliphatic heterocycles. The van der Waals surface area contributed by atoms with Gasteiger partial charge in [0.05, 0.1) is 10.7 Å². The number of pyridine rings is 1. The molecule has 0 saturated carbocycles. The van der Waals surface area contributed by atoms with E-state index in [-0.39, 0.29) is 27.4 Å². The molecule has 0 saturated heterocycles. The van der Waals surface area contributed by atoms with Crippen LogP contribution in [-0.2, 0) is 0 Å².